The van der Waals surface area contributed by atoms with Crippen LogP contribution in [0.25, 0.3) is 0 Å². The number of nitrogens with two attached hydrogens (primary N) is 1. The van der Waals surface area contributed by atoms with Crippen molar-refractivity contribution < 1.29 is 4.74 Å². The normalized spacial score (nSPS) is 35.4. The topological polar surface area (TPSA) is 35.2 Å². The molecule has 0 saturated heterocycles. The molecule has 0 heterocycles. The van der Waals surface area contributed by atoms with Crippen LogP contribution in [-0.2, 0) is 4.74 Å². The lowest BCUT2D eigenvalue weighted by atomic mass is 10.1. The molecule has 0 spiro atoms. The predicted molar refractivity (Wildman–Crippen MR) is 41.9 cm³/mol. The summed E-state index contributed by atoms with van der Waals surface area (Å²) in [5, 5.41) is 0. The molecular formula is C8H17NO. The molecule has 0 radical (unpaired) electrons. The van der Waals surface area contributed by atoms with Gasteiger partial charge >= 0.3 is 0 Å². The molecule has 0 aromatic rings. The van der Waals surface area contributed by atoms with E-state index in [1.807, 2.05) is 0 Å². The van der Waals surface area contributed by atoms with Gasteiger partial charge in [0.25, 0.3) is 0 Å². The van der Waals surface area contributed by atoms with Crippen LogP contribution >= 0.6 is 0 Å². The van der Waals surface area contributed by atoms with Gasteiger partial charge in [-0.1, -0.05) is 12.8 Å². The molecule has 0 unspecified atom stereocenters. The van der Waals surface area contributed by atoms with Crippen molar-refractivity contribution in [2.75, 3.05) is 7.11 Å². The van der Waals surface area contributed by atoms with E-state index in [2.05, 4.69) is 0 Å². The first-order chi connectivity index (χ1) is 4.83. The summed E-state index contributed by atoms with van der Waals surface area (Å²) in [4.78, 5) is 0. The molecule has 2 N–H and O–H groups in total. The van der Waals surface area contributed by atoms with E-state index < -0.39 is 0 Å². The average molecular weight is 143 g/mol. The Kier molecular flexibility index (Phi) is 3.16. The van der Waals surface area contributed by atoms with E-state index in [4.69, 9.17) is 10.5 Å². The van der Waals surface area contributed by atoms with Crippen LogP contribution in [0.1, 0.15) is 32.1 Å². The third-order valence-electron chi connectivity index (χ3n) is 2.25. The fourth-order valence-corrected chi connectivity index (χ4v) is 1.57. The van der Waals surface area contributed by atoms with E-state index in [0.717, 1.165) is 6.42 Å². The van der Waals surface area contributed by atoms with E-state index in [0.29, 0.717) is 12.1 Å². The number of hydrogen-bond donors (Lipinski definition) is 1. The quantitative estimate of drug-likeness (QED) is 0.561. The standard InChI is InChI=1S/C8H17NO/c1-10-8-5-3-2-4-7(9)6-8/h7-8H,2-6,9H2,1H3/t7-,8+/m1/s1. The van der Waals surface area contributed by atoms with Crippen molar-refractivity contribution in [3.63, 3.8) is 0 Å². The maximum absolute atomic E-state index is 5.82. The van der Waals surface area contributed by atoms with Crippen LogP contribution in [0, 0.1) is 0 Å². The molecule has 2 heteroatoms. The fraction of sp³-hybridized carbons (Fsp3) is 1.00. The monoisotopic (exact) mass is 143 g/mol. The highest BCUT2D eigenvalue weighted by Gasteiger charge is 2.15. The Bertz CT molecular complexity index is 95.3. The molecule has 0 aromatic heterocycles. The van der Waals surface area contributed by atoms with Gasteiger partial charge in [-0.15, -0.1) is 0 Å². The Morgan fingerprint density at radius 1 is 1.30 bits per heavy atom. The van der Waals surface area contributed by atoms with E-state index in [9.17, 15) is 0 Å². The van der Waals surface area contributed by atoms with Crippen LogP contribution in [-0.4, -0.2) is 19.3 Å². The van der Waals surface area contributed by atoms with Crippen LogP contribution < -0.4 is 5.73 Å². The summed E-state index contributed by atoms with van der Waals surface area (Å²) in [6.07, 6.45) is 6.42. The second-order valence-corrected chi connectivity index (χ2v) is 3.14. The minimum Gasteiger partial charge on any atom is -0.381 e. The molecule has 0 bridgehead atoms. The molecule has 1 fully saturated rings. The molecule has 1 rings (SSSR count). The molecule has 2 atom stereocenters. The average Bonchev–Trinajstić information content (AvgIpc) is 2.13. The molecule has 1 saturated carbocycles. The van der Waals surface area contributed by atoms with Gasteiger partial charge in [-0.3, -0.25) is 0 Å². The number of methoxy groups -OCH3 is 1. The third-order valence-corrected chi connectivity index (χ3v) is 2.25. The Morgan fingerprint density at radius 3 is 2.70 bits per heavy atom. The summed E-state index contributed by atoms with van der Waals surface area (Å²) in [7, 11) is 1.78. The lowest BCUT2D eigenvalue weighted by molar-refractivity contribution is 0.0866. The maximum Gasteiger partial charge on any atom is 0.0586 e. The lowest BCUT2D eigenvalue weighted by Crippen LogP contribution is -2.24. The van der Waals surface area contributed by atoms with E-state index >= 15 is 0 Å². The molecule has 10 heavy (non-hydrogen) atoms. The van der Waals surface area contributed by atoms with E-state index in [1.165, 1.54) is 25.7 Å². The van der Waals surface area contributed by atoms with Crippen LogP contribution in [0.3, 0.4) is 0 Å². The molecule has 0 amide bonds. The second kappa shape index (κ2) is 3.94. The predicted octanol–water partition coefficient (Wildman–Crippen LogP) is 1.29. The second-order valence-electron chi connectivity index (χ2n) is 3.14. The van der Waals surface area contributed by atoms with Gasteiger partial charge in [0.2, 0.25) is 0 Å². The zero-order chi connectivity index (χ0) is 7.40. The zero-order valence-electron chi connectivity index (χ0n) is 6.68. The summed E-state index contributed by atoms with van der Waals surface area (Å²) >= 11 is 0. The first-order valence-electron chi connectivity index (χ1n) is 4.11. The molecule has 0 aromatic carbocycles. The molecular weight excluding hydrogens is 126 g/mol. The third kappa shape index (κ3) is 2.27. The number of hydrogen-bond acceptors (Lipinski definition) is 2. The Labute approximate surface area is 62.7 Å². The van der Waals surface area contributed by atoms with E-state index in [1.54, 1.807) is 7.11 Å². The lowest BCUT2D eigenvalue weighted by Gasteiger charge is -2.14. The minimum absolute atomic E-state index is 0.382. The molecule has 0 aliphatic heterocycles. The molecule has 1 aliphatic carbocycles. The van der Waals surface area contributed by atoms with Gasteiger partial charge in [0.1, 0.15) is 0 Å². The smallest absolute Gasteiger partial charge is 0.0586 e. The summed E-state index contributed by atoms with van der Waals surface area (Å²) in [6.45, 7) is 0. The number of ether oxygens (including phenoxy) is 1. The van der Waals surface area contributed by atoms with Crippen molar-refractivity contribution in [1.82, 2.24) is 0 Å². The summed E-state index contributed by atoms with van der Waals surface area (Å²) in [5.41, 5.74) is 5.82. The van der Waals surface area contributed by atoms with Crippen molar-refractivity contribution in [3.8, 4) is 0 Å². The van der Waals surface area contributed by atoms with Crippen molar-refractivity contribution in [2.45, 2.75) is 44.2 Å². The highest BCUT2D eigenvalue weighted by atomic mass is 16.5. The van der Waals surface area contributed by atoms with E-state index in [-0.39, 0.29) is 0 Å². The molecule has 60 valence electrons. The van der Waals surface area contributed by atoms with Gasteiger partial charge in [0.15, 0.2) is 0 Å². The minimum atomic E-state index is 0.382. The van der Waals surface area contributed by atoms with Gasteiger partial charge in [-0.2, -0.15) is 0 Å². The number of rotatable bonds is 1. The van der Waals surface area contributed by atoms with Crippen LogP contribution in [0.2, 0.25) is 0 Å². The largest absolute Gasteiger partial charge is 0.381 e. The van der Waals surface area contributed by atoms with Gasteiger partial charge in [-0.25, -0.2) is 0 Å². The van der Waals surface area contributed by atoms with Crippen LogP contribution in [0.15, 0.2) is 0 Å². The van der Waals surface area contributed by atoms with Gasteiger partial charge in [0, 0.05) is 13.2 Å². The van der Waals surface area contributed by atoms with Gasteiger partial charge in [-0.05, 0) is 19.3 Å². The molecule has 1 aliphatic rings. The highest BCUT2D eigenvalue weighted by molar-refractivity contribution is 4.72. The summed E-state index contributed by atoms with van der Waals surface area (Å²) in [6, 6.07) is 0.382. The zero-order valence-corrected chi connectivity index (χ0v) is 6.68. The summed E-state index contributed by atoms with van der Waals surface area (Å²) < 4.78 is 5.26. The van der Waals surface area contributed by atoms with Crippen molar-refractivity contribution >= 4 is 0 Å². The fourth-order valence-electron chi connectivity index (χ4n) is 1.57. The Morgan fingerprint density at radius 2 is 2.00 bits per heavy atom. The van der Waals surface area contributed by atoms with Gasteiger partial charge in [0.05, 0.1) is 6.10 Å². The molecule has 2 nitrogen and oxygen atoms in total. The Hall–Kier alpha value is -0.0800. The van der Waals surface area contributed by atoms with Crippen LogP contribution in [0.4, 0.5) is 0 Å². The van der Waals surface area contributed by atoms with Crippen molar-refractivity contribution in [1.29, 1.82) is 0 Å². The van der Waals surface area contributed by atoms with Crippen molar-refractivity contribution in [3.05, 3.63) is 0 Å². The maximum atomic E-state index is 5.82. The summed E-state index contributed by atoms with van der Waals surface area (Å²) in [5.74, 6) is 0. The Balaban J connectivity index is 2.30. The van der Waals surface area contributed by atoms with Crippen LogP contribution in [0.5, 0.6) is 0 Å². The first-order valence-corrected chi connectivity index (χ1v) is 4.11. The highest BCUT2D eigenvalue weighted by Crippen LogP contribution is 2.18. The first kappa shape index (κ1) is 8.02. The SMILES string of the molecule is CO[C@H]1CCCC[C@@H](N)C1. The van der Waals surface area contributed by atoms with Gasteiger partial charge < -0.3 is 10.5 Å². The van der Waals surface area contributed by atoms with Crippen molar-refractivity contribution in [2.24, 2.45) is 5.73 Å².